The van der Waals surface area contributed by atoms with E-state index in [1.807, 2.05) is 37.3 Å². The SMILES string of the molecule is CCOC(=O)CN1C(=O)S/C(=C/c2cc(I)c(OCc3cccc4ccccc34)c(OCC)c2)C1=O. The van der Waals surface area contributed by atoms with Gasteiger partial charge in [0, 0.05) is 0 Å². The number of ether oxygens (including phenoxy) is 3. The van der Waals surface area contributed by atoms with Crippen LogP contribution >= 0.6 is 34.4 Å². The van der Waals surface area contributed by atoms with E-state index in [4.69, 9.17) is 14.2 Å². The molecule has 0 N–H and O–H groups in total. The number of hydrogen-bond acceptors (Lipinski definition) is 7. The van der Waals surface area contributed by atoms with Crippen LogP contribution in [-0.4, -0.2) is 41.8 Å². The molecule has 7 nitrogen and oxygen atoms in total. The fraction of sp³-hybridized carbons (Fsp3) is 0.222. The molecule has 1 saturated heterocycles. The Balaban J connectivity index is 1.57. The van der Waals surface area contributed by atoms with Crippen molar-refractivity contribution in [3.8, 4) is 11.5 Å². The highest BCUT2D eigenvalue weighted by Gasteiger charge is 2.36. The predicted molar refractivity (Wildman–Crippen MR) is 148 cm³/mol. The van der Waals surface area contributed by atoms with E-state index in [0.29, 0.717) is 30.3 Å². The summed E-state index contributed by atoms with van der Waals surface area (Å²) in [6, 6.07) is 17.9. The number of fused-ring (bicyclic) bond motifs is 1. The third-order valence-corrected chi connectivity index (χ3v) is 7.06. The number of rotatable bonds is 9. The number of benzene rings is 3. The van der Waals surface area contributed by atoms with Crippen molar-refractivity contribution in [2.24, 2.45) is 0 Å². The average molecular weight is 617 g/mol. The van der Waals surface area contributed by atoms with E-state index in [-0.39, 0.29) is 11.5 Å². The molecule has 0 spiro atoms. The lowest BCUT2D eigenvalue weighted by Crippen LogP contribution is -2.34. The smallest absolute Gasteiger partial charge is 0.326 e. The number of nitrogens with zero attached hydrogens (tertiary/aromatic N) is 1. The van der Waals surface area contributed by atoms with Gasteiger partial charge in [-0.15, -0.1) is 0 Å². The fourth-order valence-corrected chi connectivity index (χ4v) is 5.39. The van der Waals surface area contributed by atoms with Gasteiger partial charge in [-0.25, -0.2) is 0 Å². The van der Waals surface area contributed by atoms with Gasteiger partial charge in [0.2, 0.25) is 0 Å². The molecular weight excluding hydrogens is 593 g/mol. The molecule has 3 aromatic carbocycles. The zero-order valence-corrected chi connectivity index (χ0v) is 22.8. The van der Waals surface area contributed by atoms with Gasteiger partial charge in [0.25, 0.3) is 11.1 Å². The minimum absolute atomic E-state index is 0.179. The van der Waals surface area contributed by atoms with Crippen molar-refractivity contribution in [1.29, 1.82) is 0 Å². The molecule has 186 valence electrons. The highest BCUT2D eigenvalue weighted by molar-refractivity contribution is 14.1. The second kappa shape index (κ2) is 11.8. The third kappa shape index (κ3) is 5.84. The minimum atomic E-state index is -0.623. The number of halogens is 1. The van der Waals surface area contributed by atoms with Crippen molar-refractivity contribution < 1.29 is 28.6 Å². The first-order valence-corrected chi connectivity index (χ1v) is 13.3. The third-order valence-electron chi connectivity index (χ3n) is 5.35. The number of imide groups is 1. The Morgan fingerprint density at radius 3 is 2.58 bits per heavy atom. The number of esters is 1. The van der Waals surface area contributed by atoms with Gasteiger partial charge < -0.3 is 14.2 Å². The highest BCUT2D eigenvalue weighted by atomic mass is 127. The summed E-state index contributed by atoms with van der Waals surface area (Å²) in [6.07, 6.45) is 1.62. The molecule has 36 heavy (non-hydrogen) atoms. The van der Waals surface area contributed by atoms with Crippen LogP contribution in [0.1, 0.15) is 25.0 Å². The van der Waals surface area contributed by atoms with E-state index < -0.39 is 23.7 Å². The molecule has 0 unspecified atom stereocenters. The van der Waals surface area contributed by atoms with E-state index >= 15 is 0 Å². The molecule has 1 heterocycles. The summed E-state index contributed by atoms with van der Waals surface area (Å²) < 4.78 is 17.7. The number of carbonyl (C=O) groups excluding carboxylic acids is 3. The number of amides is 2. The van der Waals surface area contributed by atoms with E-state index in [9.17, 15) is 14.4 Å². The summed E-state index contributed by atoms with van der Waals surface area (Å²) in [5.41, 5.74) is 1.74. The van der Waals surface area contributed by atoms with Gasteiger partial charge in [-0.3, -0.25) is 19.3 Å². The van der Waals surface area contributed by atoms with Crippen LogP contribution < -0.4 is 9.47 Å². The van der Waals surface area contributed by atoms with Crippen LogP contribution in [0.25, 0.3) is 16.8 Å². The minimum Gasteiger partial charge on any atom is -0.490 e. The lowest BCUT2D eigenvalue weighted by molar-refractivity contribution is -0.145. The maximum absolute atomic E-state index is 12.7. The van der Waals surface area contributed by atoms with Gasteiger partial charge in [0.15, 0.2) is 11.5 Å². The van der Waals surface area contributed by atoms with Gasteiger partial charge in [0.05, 0.1) is 21.7 Å². The largest absolute Gasteiger partial charge is 0.490 e. The van der Waals surface area contributed by atoms with E-state index in [1.165, 1.54) is 0 Å². The van der Waals surface area contributed by atoms with Gasteiger partial charge in [-0.1, -0.05) is 42.5 Å². The predicted octanol–water partition coefficient (Wildman–Crippen LogP) is 6.02. The van der Waals surface area contributed by atoms with Gasteiger partial charge in [-0.2, -0.15) is 0 Å². The Morgan fingerprint density at radius 1 is 1.03 bits per heavy atom. The van der Waals surface area contributed by atoms with Gasteiger partial charge in [-0.05, 0) is 88.3 Å². The maximum atomic E-state index is 12.7. The van der Waals surface area contributed by atoms with Crippen LogP contribution in [0.4, 0.5) is 4.79 Å². The molecule has 0 radical (unpaired) electrons. The van der Waals surface area contributed by atoms with Crippen molar-refractivity contribution in [3.63, 3.8) is 0 Å². The summed E-state index contributed by atoms with van der Waals surface area (Å²) >= 11 is 2.96. The molecule has 0 aromatic heterocycles. The van der Waals surface area contributed by atoms with Gasteiger partial charge in [0.1, 0.15) is 13.2 Å². The van der Waals surface area contributed by atoms with Crippen molar-refractivity contribution in [1.82, 2.24) is 4.90 Å². The molecule has 0 atom stereocenters. The molecule has 0 aliphatic carbocycles. The van der Waals surface area contributed by atoms with Crippen LogP contribution in [0.3, 0.4) is 0 Å². The maximum Gasteiger partial charge on any atom is 0.326 e. The standard InChI is InChI=1S/C27H24INO6S/c1-3-33-22-13-17(14-23-26(31)29(27(32)36-23)15-24(30)34-4-2)12-21(28)25(22)35-16-19-10-7-9-18-8-5-6-11-20(18)19/h5-14H,3-4,15-16H2,1-2H3/b23-14+. The van der Waals surface area contributed by atoms with E-state index in [2.05, 4.69) is 40.8 Å². The number of thioether (sulfide) groups is 1. The summed E-state index contributed by atoms with van der Waals surface area (Å²) in [6.45, 7) is 4.12. The zero-order chi connectivity index (χ0) is 25.7. The molecule has 3 aromatic rings. The lowest BCUT2D eigenvalue weighted by atomic mass is 10.1. The second-order valence-corrected chi connectivity index (χ2v) is 9.92. The molecule has 0 bridgehead atoms. The van der Waals surface area contributed by atoms with Crippen molar-refractivity contribution in [2.45, 2.75) is 20.5 Å². The zero-order valence-electron chi connectivity index (χ0n) is 19.8. The molecule has 0 saturated carbocycles. The van der Waals surface area contributed by atoms with E-state index in [1.54, 1.807) is 19.1 Å². The lowest BCUT2D eigenvalue weighted by Gasteiger charge is -2.16. The molecule has 1 aliphatic rings. The summed E-state index contributed by atoms with van der Waals surface area (Å²) in [5.74, 6) is 0.00354. The highest BCUT2D eigenvalue weighted by Crippen LogP contribution is 2.38. The molecule has 1 aliphatic heterocycles. The average Bonchev–Trinajstić information content (AvgIpc) is 3.11. The van der Waals surface area contributed by atoms with Crippen LogP contribution in [0.15, 0.2) is 59.5 Å². The van der Waals surface area contributed by atoms with E-state index in [0.717, 1.165) is 36.6 Å². The number of carbonyl (C=O) groups is 3. The van der Waals surface area contributed by atoms with Crippen molar-refractivity contribution in [3.05, 3.63) is 74.2 Å². The first-order valence-electron chi connectivity index (χ1n) is 11.4. The molecule has 1 fully saturated rings. The van der Waals surface area contributed by atoms with Gasteiger partial charge >= 0.3 is 5.97 Å². The normalized spacial score (nSPS) is 14.5. The fourth-order valence-electron chi connectivity index (χ4n) is 3.77. The first-order chi connectivity index (χ1) is 17.4. The molecule has 4 rings (SSSR count). The van der Waals surface area contributed by atoms with Crippen LogP contribution in [0.2, 0.25) is 0 Å². The Bertz CT molecular complexity index is 1350. The second-order valence-electron chi connectivity index (χ2n) is 7.76. The Hall–Kier alpha value is -3.05. The van der Waals surface area contributed by atoms with Crippen LogP contribution in [-0.2, 0) is 20.9 Å². The molecule has 2 amide bonds. The quantitative estimate of drug-likeness (QED) is 0.165. The summed E-state index contributed by atoms with van der Waals surface area (Å²) in [5, 5.41) is 1.77. The molecular formula is C27H24INO6S. The summed E-state index contributed by atoms with van der Waals surface area (Å²) in [7, 11) is 0. The Kier molecular flexibility index (Phi) is 8.52. The number of hydrogen-bond donors (Lipinski definition) is 0. The summed E-state index contributed by atoms with van der Waals surface area (Å²) in [4.78, 5) is 37.9. The van der Waals surface area contributed by atoms with Crippen molar-refractivity contribution >= 4 is 68.3 Å². The van der Waals surface area contributed by atoms with Crippen LogP contribution in [0.5, 0.6) is 11.5 Å². The first kappa shape index (κ1) is 26.0. The molecule has 9 heteroatoms. The van der Waals surface area contributed by atoms with Crippen molar-refractivity contribution in [2.75, 3.05) is 19.8 Å². The topological polar surface area (TPSA) is 82.1 Å². The van der Waals surface area contributed by atoms with Crippen LogP contribution in [0, 0.1) is 3.57 Å². The monoisotopic (exact) mass is 617 g/mol. The Morgan fingerprint density at radius 2 is 1.81 bits per heavy atom. The Labute approximate surface area is 226 Å².